The van der Waals surface area contributed by atoms with Gasteiger partial charge in [-0.1, -0.05) is 0 Å². The first kappa shape index (κ1) is 11.4. The largest absolute Gasteiger partial charge is 0.479 e. The van der Waals surface area contributed by atoms with Crippen molar-refractivity contribution in [3.63, 3.8) is 0 Å². The van der Waals surface area contributed by atoms with Crippen molar-refractivity contribution < 1.29 is 14.6 Å². The molecule has 0 saturated heterocycles. The van der Waals surface area contributed by atoms with Crippen LogP contribution in [0.25, 0.3) is 0 Å². The maximum Gasteiger partial charge on any atom is 0.333 e. The van der Waals surface area contributed by atoms with E-state index in [0.717, 1.165) is 4.68 Å². The van der Waals surface area contributed by atoms with Crippen molar-refractivity contribution in [1.82, 2.24) is 9.78 Å². The highest BCUT2D eigenvalue weighted by molar-refractivity contribution is 5.76. The average molecular weight is 212 g/mol. The molecule has 82 valence electrons. The van der Waals surface area contributed by atoms with Crippen LogP contribution in [0.15, 0.2) is 23.1 Å². The van der Waals surface area contributed by atoms with Gasteiger partial charge in [-0.2, -0.15) is 5.10 Å². The first-order chi connectivity index (χ1) is 7.02. The molecule has 0 radical (unpaired) electrons. The van der Waals surface area contributed by atoms with Crippen molar-refractivity contribution in [2.75, 3.05) is 13.7 Å². The standard InChI is InChI=1S/C9H12N2O4/c1-9(6-15-2,8(13)14)11-7(12)4-3-5-10-11/h3-5H,6H2,1-2H3,(H,13,14). The number of methoxy groups -OCH3 is 1. The summed E-state index contributed by atoms with van der Waals surface area (Å²) in [6.45, 7) is 1.26. The molecule has 1 rings (SSSR count). The molecule has 1 atom stereocenters. The zero-order chi connectivity index (χ0) is 11.5. The van der Waals surface area contributed by atoms with Crippen molar-refractivity contribution >= 4 is 5.97 Å². The Morgan fingerprint density at radius 2 is 2.40 bits per heavy atom. The maximum atomic E-state index is 11.4. The number of aromatic nitrogens is 2. The van der Waals surface area contributed by atoms with Crippen LogP contribution in [0.1, 0.15) is 6.92 Å². The van der Waals surface area contributed by atoms with Gasteiger partial charge in [-0.15, -0.1) is 0 Å². The van der Waals surface area contributed by atoms with E-state index in [1.54, 1.807) is 0 Å². The van der Waals surface area contributed by atoms with Crippen LogP contribution in [0.2, 0.25) is 0 Å². The van der Waals surface area contributed by atoms with Crippen LogP contribution in [0.3, 0.4) is 0 Å². The molecule has 15 heavy (non-hydrogen) atoms. The highest BCUT2D eigenvalue weighted by Gasteiger charge is 2.37. The first-order valence-corrected chi connectivity index (χ1v) is 4.29. The normalized spacial score (nSPS) is 14.5. The highest BCUT2D eigenvalue weighted by Crippen LogP contribution is 2.12. The van der Waals surface area contributed by atoms with Gasteiger partial charge in [0.2, 0.25) is 0 Å². The molecule has 0 spiro atoms. The molecule has 1 heterocycles. The Balaban J connectivity index is 3.28. The number of carboxylic acids is 1. The van der Waals surface area contributed by atoms with E-state index in [1.807, 2.05) is 0 Å². The SMILES string of the molecule is COCC(C)(C(=O)O)n1ncccc1=O. The maximum absolute atomic E-state index is 11.4. The molecule has 6 nitrogen and oxygen atoms in total. The summed E-state index contributed by atoms with van der Waals surface area (Å²) in [6.07, 6.45) is 1.36. The predicted molar refractivity (Wildman–Crippen MR) is 51.7 cm³/mol. The molecule has 0 aliphatic heterocycles. The fourth-order valence-corrected chi connectivity index (χ4v) is 1.22. The molecule has 0 aliphatic rings. The Morgan fingerprint density at radius 1 is 1.73 bits per heavy atom. The van der Waals surface area contributed by atoms with Crippen LogP contribution in [-0.2, 0) is 15.1 Å². The van der Waals surface area contributed by atoms with Gasteiger partial charge in [0.1, 0.15) is 0 Å². The molecule has 1 aromatic rings. The number of hydrogen-bond acceptors (Lipinski definition) is 4. The molecule has 0 aromatic carbocycles. The molecule has 0 amide bonds. The second kappa shape index (κ2) is 4.22. The summed E-state index contributed by atoms with van der Waals surface area (Å²) >= 11 is 0. The van der Waals surface area contributed by atoms with E-state index >= 15 is 0 Å². The third-order valence-corrected chi connectivity index (χ3v) is 2.07. The zero-order valence-corrected chi connectivity index (χ0v) is 8.51. The Hall–Kier alpha value is -1.69. The fourth-order valence-electron chi connectivity index (χ4n) is 1.22. The monoisotopic (exact) mass is 212 g/mol. The molecular formula is C9H12N2O4. The molecule has 0 bridgehead atoms. The third kappa shape index (κ3) is 2.04. The van der Waals surface area contributed by atoms with E-state index in [2.05, 4.69) is 5.10 Å². The minimum atomic E-state index is -1.48. The van der Waals surface area contributed by atoms with Gasteiger partial charge in [0.15, 0.2) is 5.54 Å². The molecule has 1 unspecified atom stereocenters. The lowest BCUT2D eigenvalue weighted by Gasteiger charge is -2.24. The quantitative estimate of drug-likeness (QED) is 0.740. The van der Waals surface area contributed by atoms with E-state index in [4.69, 9.17) is 9.84 Å². The van der Waals surface area contributed by atoms with E-state index < -0.39 is 17.1 Å². The van der Waals surface area contributed by atoms with Crippen LogP contribution in [-0.4, -0.2) is 34.6 Å². The van der Waals surface area contributed by atoms with E-state index in [9.17, 15) is 9.59 Å². The second-order valence-corrected chi connectivity index (χ2v) is 3.29. The lowest BCUT2D eigenvalue weighted by Crippen LogP contribution is -2.49. The number of aliphatic carboxylic acids is 1. The first-order valence-electron chi connectivity index (χ1n) is 4.29. The molecule has 0 aliphatic carbocycles. The summed E-state index contributed by atoms with van der Waals surface area (Å²) in [4.78, 5) is 22.5. The smallest absolute Gasteiger partial charge is 0.333 e. The van der Waals surface area contributed by atoms with Crippen molar-refractivity contribution in [2.24, 2.45) is 0 Å². The Bertz CT molecular complexity index is 415. The van der Waals surface area contributed by atoms with Gasteiger partial charge >= 0.3 is 5.97 Å². The van der Waals surface area contributed by atoms with Crippen LogP contribution < -0.4 is 5.56 Å². The number of rotatable bonds is 4. The van der Waals surface area contributed by atoms with Gasteiger partial charge in [-0.3, -0.25) is 4.79 Å². The average Bonchev–Trinajstić information content (AvgIpc) is 2.18. The number of nitrogens with zero attached hydrogens (tertiary/aromatic N) is 2. The van der Waals surface area contributed by atoms with Crippen LogP contribution in [0.4, 0.5) is 0 Å². The Kier molecular flexibility index (Phi) is 3.21. The van der Waals surface area contributed by atoms with E-state index in [1.165, 1.54) is 32.4 Å². The van der Waals surface area contributed by atoms with Crippen LogP contribution in [0, 0.1) is 0 Å². The van der Waals surface area contributed by atoms with Gasteiger partial charge in [-0.05, 0) is 13.0 Å². The molecule has 1 N–H and O–H groups in total. The fraction of sp³-hybridized carbons (Fsp3) is 0.444. The topological polar surface area (TPSA) is 81.4 Å². The lowest BCUT2D eigenvalue weighted by molar-refractivity contribution is -0.150. The number of carbonyl (C=O) groups is 1. The second-order valence-electron chi connectivity index (χ2n) is 3.29. The molecule has 6 heteroatoms. The van der Waals surface area contributed by atoms with Crippen molar-refractivity contribution in [1.29, 1.82) is 0 Å². The predicted octanol–water partition coefficient (Wildman–Crippen LogP) is -0.311. The van der Waals surface area contributed by atoms with Crippen molar-refractivity contribution in [3.8, 4) is 0 Å². The third-order valence-electron chi connectivity index (χ3n) is 2.07. The summed E-state index contributed by atoms with van der Waals surface area (Å²) in [5.41, 5.74) is -1.95. The van der Waals surface area contributed by atoms with Gasteiger partial charge < -0.3 is 9.84 Å². The molecule has 0 fully saturated rings. The zero-order valence-electron chi connectivity index (χ0n) is 8.51. The summed E-state index contributed by atoms with van der Waals surface area (Å²) in [5.74, 6) is -1.16. The van der Waals surface area contributed by atoms with Crippen LogP contribution in [0.5, 0.6) is 0 Å². The van der Waals surface area contributed by atoms with Gasteiger partial charge in [0.25, 0.3) is 5.56 Å². The number of ether oxygens (including phenoxy) is 1. The lowest BCUT2D eigenvalue weighted by atomic mass is 10.1. The summed E-state index contributed by atoms with van der Waals surface area (Å²) < 4.78 is 5.70. The van der Waals surface area contributed by atoms with Crippen molar-refractivity contribution in [3.05, 3.63) is 28.7 Å². The van der Waals surface area contributed by atoms with Gasteiger partial charge in [0, 0.05) is 19.4 Å². The number of hydrogen-bond donors (Lipinski definition) is 1. The summed E-state index contributed by atoms with van der Waals surface area (Å²) in [6, 6.07) is 2.71. The van der Waals surface area contributed by atoms with Crippen molar-refractivity contribution in [2.45, 2.75) is 12.5 Å². The number of carboxylic acid groups (broad SMARTS) is 1. The van der Waals surface area contributed by atoms with Gasteiger partial charge in [0.05, 0.1) is 6.61 Å². The van der Waals surface area contributed by atoms with Crippen LogP contribution >= 0.6 is 0 Å². The molecule has 1 aromatic heterocycles. The summed E-state index contributed by atoms with van der Waals surface area (Å²) in [5, 5.41) is 12.8. The Morgan fingerprint density at radius 3 is 2.87 bits per heavy atom. The minimum Gasteiger partial charge on any atom is -0.479 e. The van der Waals surface area contributed by atoms with E-state index in [-0.39, 0.29) is 6.61 Å². The highest BCUT2D eigenvalue weighted by atomic mass is 16.5. The van der Waals surface area contributed by atoms with E-state index in [0.29, 0.717) is 0 Å². The Labute approximate surface area is 86.1 Å². The summed E-state index contributed by atoms with van der Waals surface area (Å²) in [7, 11) is 1.37. The van der Waals surface area contributed by atoms with Gasteiger partial charge in [-0.25, -0.2) is 9.48 Å². The molecular weight excluding hydrogens is 200 g/mol. The molecule has 0 saturated carbocycles. The minimum absolute atomic E-state index is 0.126.